The topological polar surface area (TPSA) is 93.9 Å². The Balaban J connectivity index is 3.18. The zero-order chi connectivity index (χ0) is 11.7. The first-order valence-electron chi connectivity index (χ1n) is 4.43. The summed E-state index contributed by atoms with van der Waals surface area (Å²) in [6.07, 6.45) is 0. The van der Waals surface area contributed by atoms with E-state index >= 15 is 0 Å². The van der Waals surface area contributed by atoms with Crippen molar-refractivity contribution in [1.82, 2.24) is 4.98 Å². The molecule has 0 spiro atoms. The highest BCUT2D eigenvalue weighted by Crippen LogP contribution is 2.11. The average Bonchev–Trinajstić information content (AvgIpc) is 2.37. The van der Waals surface area contributed by atoms with E-state index in [0.29, 0.717) is 0 Å². The Morgan fingerprint density at radius 3 is 2.75 bits per heavy atom. The molecule has 0 unspecified atom stereocenters. The SMILES string of the molecule is N#Cc1cccc2[nH]c(=O)c(O)cc(=O)c12. The van der Waals surface area contributed by atoms with Gasteiger partial charge in [0.2, 0.25) is 0 Å². The van der Waals surface area contributed by atoms with Crippen molar-refractivity contribution in [3.8, 4) is 11.8 Å². The second-order valence-electron chi connectivity index (χ2n) is 3.19. The Labute approximate surface area is 89.2 Å². The monoisotopic (exact) mass is 214 g/mol. The van der Waals surface area contributed by atoms with Crippen molar-refractivity contribution in [2.24, 2.45) is 0 Å². The van der Waals surface area contributed by atoms with Crippen LogP contribution in [0.2, 0.25) is 0 Å². The van der Waals surface area contributed by atoms with Crippen LogP contribution in [0.5, 0.6) is 5.75 Å². The first-order valence-corrected chi connectivity index (χ1v) is 4.43. The number of aromatic amines is 1. The van der Waals surface area contributed by atoms with Gasteiger partial charge in [0.25, 0.3) is 5.56 Å². The highest BCUT2D eigenvalue weighted by Gasteiger charge is 2.06. The van der Waals surface area contributed by atoms with Crippen LogP contribution in [-0.2, 0) is 0 Å². The number of H-pyrrole nitrogens is 1. The molecule has 0 bridgehead atoms. The van der Waals surface area contributed by atoms with Gasteiger partial charge in [-0.2, -0.15) is 5.26 Å². The molecule has 2 rings (SSSR count). The lowest BCUT2D eigenvalue weighted by Gasteiger charge is -1.92. The van der Waals surface area contributed by atoms with Gasteiger partial charge in [-0.3, -0.25) is 9.59 Å². The Morgan fingerprint density at radius 1 is 1.31 bits per heavy atom. The van der Waals surface area contributed by atoms with Crippen molar-refractivity contribution in [2.45, 2.75) is 0 Å². The standard InChI is InChI=1S/C11H6N2O3/c12-5-6-2-1-3-7-10(6)8(14)4-9(15)11(16)13-7/h1-4,15H,(H,13,16). The summed E-state index contributed by atoms with van der Waals surface area (Å²) in [4.78, 5) is 25.3. The van der Waals surface area contributed by atoms with Crippen molar-refractivity contribution >= 4 is 10.9 Å². The van der Waals surface area contributed by atoms with Gasteiger partial charge in [0, 0.05) is 6.07 Å². The lowest BCUT2D eigenvalue weighted by atomic mass is 10.1. The van der Waals surface area contributed by atoms with E-state index in [4.69, 9.17) is 5.26 Å². The minimum absolute atomic E-state index is 0.0994. The Bertz CT molecular complexity index is 726. The van der Waals surface area contributed by atoms with Crippen LogP contribution >= 0.6 is 0 Å². The summed E-state index contributed by atoms with van der Waals surface area (Å²) in [5.41, 5.74) is -0.937. The molecule has 0 aliphatic rings. The summed E-state index contributed by atoms with van der Waals surface area (Å²) in [5, 5.41) is 18.1. The Kier molecular flexibility index (Phi) is 2.18. The van der Waals surface area contributed by atoms with Gasteiger partial charge in [0.1, 0.15) is 0 Å². The first kappa shape index (κ1) is 9.93. The number of nitriles is 1. The molecule has 5 nitrogen and oxygen atoms in total. The molecular formula is C11H6N2O3. The third-order valence-electron chi connectivity index (χ3n) is 2.18. The smallest absolute Gasteiger partial charge is 0.290 e. The summed E-state index contributed by atoms with van der Waals surface area (Å²) < 4.78 is 0. The molecule has 0 aliphatic carbocycles. The molecule has 0 saturated heterocycles. The third-order valence-corrected chi connectivity index (χ3v) is 2.18. The average molecular weight is 214 g/mol. The van der Waals surface area contributed by atoms with E-state index < -0.39 is 16.7 Å². The van der Waals surface area contributed by atoms with Gasteiger partial charge >= 0.3 is 0 Å². The largest absolute Gasteiger partial charge is 0.503 e. The van der Waals surface area contributed by atoms with Crippen LogP contribution in [0.4, 0.5) is 0 Å². The molecule has 1 heterocycles. The van der Waals surface area contributed by atoms with E-state index in [2.05, 4.69) is 4.98 Å². The maximum absolute atomic E-state index is 11.7. The number of hydrogen-bond acceptors (Lipinski definition) is 4. The highest BCUT2D eigenvalue weighted by atomic mass is 16.3. The van der Waals surface area contributed by atoms with Gasteiger partial charge in [0.15, 0.2) is 11.2 Å². The molecule has 5 heteroatoms. The summed E-state index contributed by atoms with van der Waals surface area (Å²) in [5.74, 6) is -0.662. The number of nitrogens with zero attached hydrogens (tertiary/aromatic N) is 1. The zero-order valence-electron chi connectivity index (χ0n) is 8.02. The van der Waals surface area contributed by atoms with Crippen molar-refractivity contribution in [3.63, 3.8) is 0 Å². The number of nitrogens with one attached hydrogen (secondary N) is 1. The van der Waals surface area contributed by atoms with Crippen molar-refractivity contribution in [1.29, 1.82) is 5.26 Å². The summed E-state index contributed by atoms with van der Waals surface area (Å²) in [6, 6.07) is 7.19. The van der Waals surface area contributed by atoms with Crippen LogP contribution in [0.3, 0.4) is 0 Å². The minimum atomic E-state index is -0.762. The highest BCUT2D eigenvalue weighted by molar-refractivity contribution is 5.84. The fourth-order valence-corrected chi connectivity index (χ4v) is 1.46. The van der Waals surface area contributed by atoms with E-state index in [1.807, 2.05) is 6.07 Å². The molecule has 0 saturated carbocycles. The van der Waals surface area contributed by atoms with E-state index in [-0.39, 0.29) is 16.5 Å². The minimum Gasteiger partial charge on any atom is -0.503 e. The number of rotatable bonds is 0. The van der Waals surface area contributed by atoms with E-state index in [1.165, 1.54) is 12.1 Å². The lowest BCUT2D eigenvalue weighted by Crippen LogP contribution is -2.00. The predicted molar refractivity (Wildman–Crippen MR) is 57.2 cm³/mol. The van der Waals surface area contributed by atoms with Crippen molar-refractivity contribution in [2.75, 3.05) is 0 Å². The van der Waals surface area contributed by atoms with Gasteiger partial charge in [0.05, 0.1) is 22.5 Å². The molecular weight excluding hydrogens is 208 g/mol. The maximum atomic E-state index is 11.7. The summed E-state index contributed by atoms with van der Waals surface area (Å²) in [6.45, 7) is 0. The fourth-order valence-electron chi connectivity index (χ4n) is 1.46. The van der Waals surface area contributed by atoms with Gasteiger partial charge < -0.3 is 10.1 Å². The molecule has 1 aromatic heterocycles. The second-order valence-corrected chi connectivity index (χ2v) is 3.19. The lowest BCUT2D eigenvalue weighted by molar-refractivity contribution is 0.468. The third kappa shape index (κ3) is 1.42. The first-order chi connectivity index (χ1) is 7.63. The van der Waals surface area contributed by atoms with E-state index in [1.54, 1.807) is 6.07 Å². The van der Waals surface area contributed by atoms with Crippen molar-refractivity contribution in [3.05, 3.63) is 50.4 Å². The van der Waals surface area contributed by atoms with Gasteiger partial charge in [-0.25, -0.2) is 0 Å². The van der Waals surface area contributed by atoms with Gasteiger partial charge in [-0.15, -0.1) is 0 Å². The number of aromatic hydroxyl groups is 1. The molecule has 0 atom stereocenters. The number of benzene rings is 1. The quantitative estimate of drug-likeness (QED) is 0.666. The molecule has 78 valence electrons. The second kappa shape index (κ2) is 3.51. The van der Waals surface area contributed by atoms with Crippen LogP contribution < -0.4 is 11.0 Å². The predicted octanol–water partition coefficient (Wildman–Crippen LogP) is 0.466. The molecule has 16 heavy (non-hydrogen) atoms. The number of hydrogen-bond donors (Lipinski definition) is 2. The van der Waals surface area contributed by atoms with Crippen molar-refractivity contribution < 1.29 is 5.11 Å². The molecule has 0 aliphatic heterocycles. The van der Waals surface area contributed by atoms with Crippen LogP contribution in [0.1, 0.15) is 5.56 Å². The molecule has 0 fully saturated rings. The van der Waals surface area contributed by atoms with Crippen LogP contribution in [-0.4, -0.2) is 10.1 Å². The van der Waals surface area contributed by atoms with Gasteiger partial charge in [-0.05, 0) is 12.1 Å². The number of aromatic nitrogens is 1. The van der Waals surface area contributed by atoms with Gasteiger partial charge in [-0.1, -0.05) is 6.07 Å². The Hall–Kier alpha value is -2.61. The summed E-state index contributed by atoms with van der Waals surface area (Å²) in [7, 11) is 0. The van der Waals surface area contributed by atoms with Crippen LogP contribution in [0, 0.1) is 11.3 Å². The van der Waals surface area contributed by atoms with Crippen LogP contribution in [0.15, 0.2) is 33.9 Å². The fraction of sp³-hybridized carbons (Fsp3) is 0. The Morgan fingerprint density at radius 2 is 2.06 bits per heavy atom. The maximum Gasteiger partial charge on any atom is 0.290 e. The zero-order valence-corrected chi connectivity index (χ0v) is 8.02. The molecule has 2 aromatic rings. The molecule has 0 radical (unpaired) electrons. The molecule has 1 aromatic carbocycles. The molecule has 0 amide bonds. The van der Waals surface area contributed by atoms with E-state index in [0.717, 1.165) is 6.07 Å². The number of fused-ring (bicyclic) bond motifs is 1. The normalized spacial score (nSPS) is 9.94. The molecule has 2 N–H and O–H groups in total. The van der Waals surface area contributed by atoms with Crippen LogP contribution in [0.25, 0.3) is 10.9 Å². The summed E-state index contributed by atoms with van der Waals surface area (Å²) >= 11 is 0. The van der Waals surface area contributed by atoms with E-state index in [9.17, 15) is 14.7 Å².